The molecule has 24 heavy (non-hydrogen) atoms. The molecule has 0 fully saturated rings. The van der Waals surface area contributed by atoms with Crippen molar-refractivity contribution in [3.05, 3.63) is 69.3 Å². The maximum absolute atomic E-state index is 12.1. The molecule has 0 amide bonds. The molecule has 0 spiro atoms. The maximum Gasteiger partial charge on any atom is 0.339 e. The Kier molecular flexibility index (Phi) is 5.26. The van der Waals surface area contributed by atoms with E-state index in [1.54, 1.807) is 18.2 Å². The van der Waals surface area contributed by atoms with Crippen molar-refractivity contribution in [1.82, 2.24) is 0 Å². The summed E-state index contributed by atoms with van der Waals surface area (Å²) < 4.78 is 10.0. The van der Waals surface area contributed by atoms with Gasteiger partial charge in [0.2, 0.25) is 0 Å². The zero-order valence-corrected chi connectivity index (χ0v) is 13.1. The SMILES string of the molecule is COc1cccc(C(=O)COC(=O)c2cccc([N+](=O)[O-])c2C)c1. The van der Waals surface area contributed by atoms with Crippen LogP contribution in [0.25, 0.3) is 0 Å². The van der Waals surface area contributed by atoms with Crippen LogP contribution in [0.1, 0.15) is 26.3 Å². The van der Waals surface area contributed by atoms with Crippen LogP contribution in [-0.4, -0.2) is 30.4 Å². The standard InChI is InChI=1S/C17H15NO6/c1-11-14(7-4-8-15(11)18(21)22)17(20)24-10-16(19)12-5-3-6-13(9-12)23-2/h3-9H,10H2,1-2H3. The molecule has 0 atom stereocenters. The van der Waals surface area contributed by atoms with Crippen LogP contribution in [0.3, 0.4) is 0 Å². The van der Waals surface area contributed by atoms with Crippen LogP contribution in [-0.2, 0) is 4.74 Å². The summed E-state index contributed by atoms with van der Waals surface area (Å²) in [6, 6.07) is 10.6. The lowest BCUT2D eigenvalue weighted by molar-refractivity contribution is -0.385. The highest BCUT2D eigenvalue weighted by Gasteiger charge is 2.20. The number of esters is 1. The van der Waals surface area contributed by atoms with Gasteiger partial charge in [0.05, 0.1) is 17.6 Å². The predicted molar refractivity (Wildman–Crippen MR) is 85.4 cm³/mol. The van der Waals surface area contributed by atoms with Crippen molar-refractivity contribution in [2.24, 2.45) is 0 Å². The second-order valence-electron chi connectivity index (χ2n) is 4.94. The number of benzene rings is 2. The fraction of sp³-hybridized carbons (Fsp3) is 0.176. The molecular weight excluding hydrogens is 314 g/mol. The Labute approximate surface area is 138 Å². The van der Waals surface area contributed by atoms with Crippen molar-refractivity contribution in [1.29, 1.82) is 0 Å². The van der Waals surface area contributed by atoms with Crippen LogP contribution in [0.2, 0.25) is 0 Å². The van der Waals surface area contributed by atoms with Gasteiger partial charge >= 0.3 is 5.97 Å². The molecule has 0 saturated carbocycles. The minimum absolute atomic E-state index is 0.0580. The average molecular weight is 329 g/mol. The van der Waals surface area contributed by atoms with E-state index < -0.39 is 23.3 Å². The number of nitro benzene ring substituents is 1. The van der Waals surface area contributed by atoms with E-state index in [1.807, 2.05) is 0 Å². The van der Waals surface area contributed by atoms with E-state index in [4.69, 9.17) is 9.47 Å². The van der Waals surface area contributed by atoms with Gasteiger partial charge in [-0.2, -0.15) is 0 Å². The number of Topliss-reactive ketones (excluding diaryl/α,β-unsaturated/α-hetero) is 1. The van der Waals surface area contributed by atoms with Crippen molar-refractivity contribution in [2.75, 3.05) is 13.7 Å². The number of nitro groups is 1. The smallest absolute Gasteiger partial charge is 0.339 e. The Morgan fingerprint density at radius 3 is 2.54 bits per heavy atom. The number of ether oxygens (including phenoxy) is 2. The lowest BCUT2D eigenvalue weighted by atomic mass is 10.1. The Morgan fingerprint density at radius 2 is 1.88 bits per heavy atom. The lowest BCUT2D eigenvalue weighted by Crippen LogP contribution is -2.15. The van der Waals surface area contributed by atoms with Crippen molar-refractivity contribution in [2.45, 2.75) is 6.92 Å². The van der Waals surface area contributed by atoms with Gasteiger partial charge in [0.1, 0.15) is 5.75 Å². The molecule has 0 aliphatic carbocycles. The number of methoxy groups -OCH3 is 1. The number of nitrogens with zero attached hydrogens (tertiary/aromatic N) is 1. The first-order valence-electron chi connectivity index (χ1n) is 7.02. The van der Waals surface area contributed by atoms with Gasteiger partial charge in [-0.15, -0.1) is 0 Å². The molecule has 0 radical (unpaired) electrons. The predicted octanol–water partition coefficient (Wildman–Crippen LogP) is 2.95. The normalized spacial score (nSPS) is 10.1. The molecule has 7 nitrogen and oxygen atoms in total. The zero-order valence-electron chi connectivity index (χ0n) is 13.1. The van der Waals surface area contributed by atoms with Crippen molar-refractivity contribution < 1.29 is 24.0 Å². The molecule has 0 aliphatic rings. The number of carbonyl (C=O) groups is 2. The van der Waals surface area contributed by atoms with Crippen molar-refractivity contribution in [3.63, 3.8) is 0 Å². The molecule has 2 aromatic carbocycles. The molecule has 7 heteroatoms. The van der Waals surface area contributed by atoms with Gasteiger partial charge < -0.3 is 9.47 Å². The number of rotatable bonds is 6. The van der Waals surface area contributed by atoms with E-state index in [-0.39, 0.29) is 16.8 Å². The summed E-state index contributed by atoms with van der Waals surface area (Å²) >= 11 is 0. The molecular formula is C17H15NO6. The third-order valence-corrected chi connectivity index (χ3v) is 3.45. The van der Waals surface area contributed by atoms with Gasteiger partial charge in [-0.05, 0) is 25.1 Å². The second-order valence-corrected chi connectivity index (χ2v) is 4.94. The molecule has 2 aromatic rings. The van der Waals surface area contributed by atoms with E-state index >= 15 is 0 Å². The summed E-state index contributed by atoms with van der Waals surface area (Å²) in [5.74, 6) is -0.667. The minimum Gasteiger partial charge on any atom is -0.497 e. The van der Waals surface area contributed by atoms with Gasteiger partial charge in [0, 0.05) is 17.2 Å². The molecule has 2 rings (SSSR count). The van der Waals surface area contributed by atoms with Gasteiger partial charge in [0.25, 0.3) is 5.69 Å². The van der Waals surface area contributed by atoms with Gasteiger partial charge in [0.15, 0.2) is 12.4 Å². The molecule has 0 aromatic heterocycles. The van der Waals surface area contributed by atoms with E-state index in [0.29, 0.717) is 11.3 Å². The van der Waals surface area contributed by atoms with E-state index in [1.165, 1.54) is 38.3 Å². The molecule has 0 aliphatic heterocycles. The summed E-state index contributed by atoms with van der Waals surface area (Å²) in [6.07, 6.45) is 0. The zero-order chi connectivity index (χ0) is 17.7. The first-order valence-corrected chi connectivity index (χ1v) is 7.02. The Balaban J connectivity index is 2.09. The fourth-order valence-corrected chi connectivity index (χ4v) is 2.13. The largest absolute Gasteiger partial charge is 0.497 e. The average Bonchev–Trinajstić information content (AvgIpc) is 2.59. The highest BCUT2D eigenvalue weighted by Crippen LogP contribution is 2.22. The third-order valence-electron chi connectivity index (χ3n) is 3.45. The Bertz CT molecular complexity index is 799. The Hall–Kier alpha value is -3.22. The molecule has 0 bridgehead atoms. The summed E-state index contributed by atoms with van der Waals surface area (Å²) in [5.41, 5.74) is 0.422. The van der Waals surface area contributed by atoms with E-state index in [0.717, 1.165) is 0 Å². The molecule has 0 saturated heterocycles. The van der Waals surface area contributed by atoms with Crippen LogP contribution in [0.4, 0.5) is 5.69 Å². The summed E-state index contributed by atoms with van der Waals surface area (Å²) in [7, 11) is 1.48. The summed E-state index contributed by atoms with van der Waals surface area (Å²) in [4.78, 5) is 34.5. The monoisotopic (exact) mass is 329 g/mol. The van der Waals surface area contributed by atoms with Gasteiger partial charge in [-0.3, -0.25) is 14.9 Å². The molecule has 0 heterocycles. The molecule has 0 N–H and O–H groups in total. The van der Waals surface area contributed by atoms with Crippen molar-refractivity contribution in [3.8, 4) is 5.75 Å². The molecule has 124 valence electrons. The third kappa shape index (κ3) is 3.75. The number of ketones is 1. The van der Waals surface area contributed by atoms with Gasteiger partial charge in [-0.25, -0.2) is 4.79 Å². The van der Waals surface area contributed by atoms with Gasteiger partial charge in [-0.1, -0.05) is 18.2 Å². The highest BCUT2D eigenvalue weighted by atomic mass is 16.6. The minimum atomic E-state index is -0.785. The first kappa shape index (κ1) is 17.1. The van der Waals surface area contributed by atoms with Crippen LogP contribution in [0.5, 0.6) is 5.75 Å². The van der Waals surface area contributed by atoms with Crippen LogP contribution in [0.15, 0.2) is 42.5 Å². The first-order chi connectivity index (χ1) is 11.4. The maximum atomic E-state index is 12.1. The van der Waals surface area contributed by atoms with Crippen LogP contribution >= 0.6 is 0 Å². The van der Waals surface area contributed by atoms with Crippen LogP contribution < -0.4 is 4.74 Å². The number of carbonyl (C=O) groups excluding carboxylic acids is 2. The van der Waals surface area contributed by atoms with Crippen LogP contribution in [0, 0.1) is 17.0 Å². The quantitative estimate of drug-likeness (QED) is 0.350. The van der Waals surface area contributed by atoms with E-state index in [9.17, 15) is 19.7 Å². The molecule has 0 unspecified atom stereocenters. The second kappa shape index (κ2) is 7.36. The van der Waals surface area contributed by atoms with Crippen molar-refractivity contribution >= 4 is 17.4 Å². The topological polar surface area (TPSA) is 95.7 Å². The highest BCUT2D eigenvalue weighted by molar-refractivity contribution is 6.00. The Morgan fingerprint density at radius 1 is 1.17 bits per heavy atom. The fourth-order valence-electron chi connectivity index (χ4n) is 2.13. The summed E-state index contributed by atoms with van der Waals surface area (Å²) in [5, 5.41) is 10.9. The number of hydrogen-bond donors (Lipinski definition) is 0. The summed E-state index contributed by atoms with van der Waals surface area (Å²) in [6.45, 7) is 0.993. The lowest BCUT2D eigenvalue weighted by Gasteiger charge is -2.07. The number of hydrogen-bond acceptors (Lipinski definition) is 6. The van der Waals surface area contributed by atoms with E-state index in [2.05, 4.69) is 0 Å².